The molecule has 0 aliphatic carbocycles. The predicted octanol–water partition coefficient (Wildman–Crippen LogP) is 4.06. The summed E-state index contributed by atoms with van der Waals surface area (Å²) in [5.41, 5.74) is 1.92. The highest BCUT2D eigenvalue weighted by Crippen LogP contribution is 2.45. The molecule has 0 unspecified atom stereocenters. The van der Waals surface area contributed by atoms with Crippen LogP contribution in [-0.2, 0) is 10.2 Å². The van der Waals surface area contributed by atoms with Gasteiger partial charge in [0.25, 0.3) is 0 Å². The van der Waals surface area contributed by atoms with E-state index in [0.717, 1.165) is 15.7 Å². The minimum absolute atomic E-state index is 0.00612. The molecule has 2 nitrogen and oxygen atoms in total. The maximum Gasteiger partial charge on any atom is 0.174 e. The van der Waals surface area contributed by atoms with Crippen molar-refractivity contribution in [1.29, 1.82) is 0 Å². The summed E-state index contributed by atoms with van der Waals surface area (Å²) in [5, 5.41) is 0.578. The van der Waals surface area contributed by atoms with E-state index in [2.05, 4.69) is 20.9 Å². The first-order valence-electron chi connectivity index (χ1n) is 4.93. The number of fused-ring (bicyclic) bond motifs is 1. The standard InChI is InChI=1S/C12H11BrClNO/c1-6(16)11-12(2,3)8-4-7(13)5-9(14)10(8)15-11/h4-5H,1-3H3. The van der Waals surface area contributed by atoms with E-state index in [4.69, 9.17) is 11.6 Å². The van der Waals surface area contributed by atoms with Crippen LogP contribution in [0, 0.1) is 0 Å². The maximum absolute atomic E-state index is 11.5. The van der Waals surface area contributed by atoms with Crippen LogP contribution in [0.5, 0.6) is 0 Å². The lowest BCUT2D eigenvalue weighted by molar-refractivity contribution is -0.111. The lowest BCUT2D eigenvalue weighted by atomic mass is 9.80. The fraction of sp³-hybridized carbons (Fsp3) is 0.333. The highest BCUT2D eigenvalue weighted by molar-refractivity contribution is 9.10. The number of hydrogen-bond acceptors (Lipinski definition) is 2. The Morgan fingerprint density at radius 3 is 2.62 bits per heavy atom. The van der Waals surface area contributed by atoms with E-state index >= 15 is 0 Å². The zero-order valence-electron chi connectivity index (χ0n) is 9.27. The Labute approximate surface area is 108 Å². The molecule has 0 radical (unpaired) electrons. The quantitative estimate of drug-likeness (QED) is 0.769. The number of carbonyl (C=O) groups excluding carboxylic acids is 1. The second-order valence-corrected chi connectivity index (χ2v) is 5.75. The van der Waals surface area contributed by atoms with Gasteiger partial charge in [-0.05, 0) is 31.5 Å². The van der Waals surface area contributed by atoms with Crippen LogP contribution in [0.15, 0.2) is 21.6 Å². The van der Waals surface area contributed by atoms with E-state index in [1.54, 1.807) is 6.07 Å². The van der Waals surface area contributed by atoms with E-state index < -0.39 is 0 Å². The molecule has 1 aliphatic heterocycles. The first-order valence-corrected chi connectivity index (χ1v) is 6.10. The van der Waals surface area contributed by atoms with Gasteiger partial charge in [-0.1, -0.05) is 27.5 Å². The topological polar surface area (TPSA) is 29.4 Å². The minimum Gasteiger partial charge on any atom is -0.293 e. The normalized spacial score (nSPS) is 16.9. The molecule has 0 bridgehead atoms. The summed E-state index contributed by atoms with van der Waals surface area (Å²) in [6, 6.07) is 3.77. The first-order chi connectivity index (χ1) is 7.34. The summed E-state index contributed by atoms with van der Waals surface area (Å²) in [4.78, 5) is 15.9. The molecule has 0 atom stereocenters. The minimum atomic E-state index is -0.366. The Morgan fingerprint density at radius 1 is 1.44 bits per heavy atom. The van der Waals surface area contributed by atoms with Crippen LogP contribution in [0.25, 0.3) is 0 Å². The van der Waals surface area contributed by atoms with E-state index in [1.807, 2.05) is 19.9 Å². The molecule has 0 spiro atoms. The third-order valence-corrected chi connectivity index (χ3v) is 3.60. The largest absolute Gasteiger partial charge is 0.293 e. The van der Waals surface area contributed by atoms with Gasteiger partial charge in [-0.3, -0.25) is 4.79 Å². The molecule has 0 fully saturated rings. The van der Waals surface area contributed by atoms with Crippen LogP contribution in [0.1, 0.15) is 26.3 Å². The summed E-state index contributed by atoms with van der Waals surface area (Å²) in [7, 11) is 0. The monoisotopic (exact) mass is 299 g/mol. The number of carbonyl (C=O) groups is 1. The van der Waals surface area contributed by atoms with Crippen molar-refractivity contribution in [2.75, 3.05) is 0 Å². The van der Waals surface area contributed by atoms with Gasteiger partial charge in [0, 0.05) is 16.8 Å². The average molecular weight is 301 g/mol. The molecule has 1 aromatic rings. The van der Waals surface area contributed by atoms with Gasteiger partial charge in [0.05, 0.1) is 16.4 Å². The van der Waals surface area contributed by atoms with Crippen molar-refractivity contribution in [3.63, 3.8) is 0 Å². The first kappa shape index (κ1) is 11.8. The zero-order chi connectivity index (χ0) is 12.1. The number of Topliss-reactive ketones (excluding diaryl/α,β-unsaturated/α-hetero) is 1. The molecule has 16 heavy (non-hydrogen) atoms. The van der Waals surface area contributed by atoms with Crippen LogP contribution < -0.4 is 0 Å². The number of aliphatic imine (C=N–C) groups is 1. The van der Waals surface area contributed by atoms with Gasteiger partial charge >= 0.3 is 0 Å². The van der Waals surface area contributed by atoms with Crippen molar-refractivity contribution in [2.24, 2.45) is 4.99 Å². The number of nitrogens with zero attached hydrogens (tertiary/aromatic N) is 1. The molecule has 1 heterocycles. The van der Waals surface area contributed by atoms with Crippen LogP contribution in [-0.4, -0.2) is 11.5 Å². The Kier molecular flexibility index (Phi) is 2.71. The Balaban J connectivity index is 2.71. The Hall–Kier alpha value is -0.670. The molecular formula is C12H11BrClNO. The highest BCUT2D eigenvalue weighted by Gasteiger charge is 2.38. The summed E-state index contributed by atoms with van der Waals surface area (Å²) >= 11 is 9.53. The molecule has 1 aliphatic rings. The summed E-state index contributed by atoms with van der Waals surface area (Å²) in [6.45, 7) is 5.51. The summed E-state index contributed by atoms with van der Waals surface area (Å²) < 4.78 is 0.907. The van der Waals surface area contributed by atoms with Crippen LogP contribution in [0.4, 0.5) is 5.69 Å². The van der Waals surface area contributed by atoms with Crippen LogP contribution >= 0.6 is 27.5 Å². The van der Waals surface area contributed by atoms with Crippen molar-refractivity contribution in [1.82, 2.24) is 0 Å². The third kappa shape index (κ3) is 1.62. The van der Waals surface area contributed by atoms with Gasteiger partial charge in [-0.2, -0.15) is 0 Å². The number of hydrogen-bond donors (Lipinski definition) is 0. The van der Waals surface area contributed by atoms with Gasteiger partial charge in [-0.15, -0.1) is 0 Å². The van der Waals surface area contributed by atoms with Gasteiger partial charge in [-0.25, -0.2) is 4.99 Å². The highest BCUT2D eigenvalue weighted by atomic mass is 79.9. The van der Waals surface area contributed by atoms with Crippen LogP contribution in [0.2, 0.25) is 5.02 Å². The van der Waals surface area contributed by atoms with Gasteiger partial charge in [0.2, 0.25) is 0 Å². The Morgan fingerprint density at radius 2 is 2.06 bits per heavy atom. The fourth-order valence-electron chi connectivity index (χ4n) is 2.05. The average Bonchev–Trinajstić information content (AvgIpc) is 2.39. The van der Waals surface area contributed by atoms with Gasteiger partial charge in [0.15, 0.2) is 5.78 Å². The van der Waals surface area contributed by atoms with E-state index in [-0.39, 0.29) is 11.2 Å². The molecule has 4 heteroatoms. The van der Waals surface area contributed by atoms with Crippen molar-refractivity contribution >= 4 is 44.7 Å². The number of ketones is 1. The lowest BCUT2D eigenvalue weighted by Gasteiger charge is -2.20. The number of rotatable bonds is 1. The number of benzene rings is 1. The van der Waals surface area contributed by atoms with Crippen molar-refractivity contribution in [2.45, 2.75) is 26.2 Å². The SMILES string of the molecule is CC(=O)C1=Nc2c(Cl)cc(Br)cc2C1(C)C. The van der Waals surface area contributed by atoms with E-state index in [9.17, 15) is 4.79 Å². The van der Waals surface area contributed by atoms with E-state index in [0.29, 0.717) is 10.7 Å². The molecule has 0 aromatic heterocycles. The Bertz CT molecular complexity index is 520. The third-order valence-electron chi connectivity index (χ3n) is 2.85. The predicted molar refractivity (Wildman–Crippen MR) is 70.0 cm³/mol. The molecule has 0 amide bonds. The van der Waals surface area contributed by atoms with Crippen molar-refractivity contribution in [3.8, 4) is 0 Å². The van der Waals surface area contributed by atoms with Crippen LogP contribution in [0.3, 0.4) is 0 Å². The van der Waals surface area contributed by atoms with E-state index in [1.165, 1.54) is 6.92 Å². The second-order valence-electron chi connectivity index (χ2n) is 4.43. The maximum atomic E-state index is 11.5. The van der Waals surface area contributed by atoms with Crippen molar-refractivity contribution < 1.29 is 4.79 Å². The molecule has 0 N–H and O–H groups in total. The smallest absolute Gasteiger partial charge is 0.174 e. The fourth-order valence-corrected chi connectivity index (χ4v) is 2.91. The zero-order valence-corrected chi connectivity index (χ0v) is 11.6. The summed E-state index contributed by atoms with van der Waals surface area (Å²) in [6.07, 6.45) is 0. The van der Waals surface area contributed by atoms with Gasteiger partial charge in [0.1, 0.15) is 0 Å². The molecule has 1 aromatic carbocycles. The molecule has 0 saturated heterocycles. The van der Waals surface area contributed by atoms with Crippen molar-refractivity contribution in [3.05, 3.63) is 27.2 Å². The summed E-state index contributed by atoms with van der Waals surface area (Å²) in [5.74, 6) is -0.00612. The molecule has 2 rings (SSSR count). The number of halogens is 2. The molecular weight excluding hydrogens is 289 g/mol. The molecule has 0 saturated carbocycles. The molecule has 84 valence electrons. The van der Waals surface area contributed by atoms with Gasteiger partial charge < -0.3 is 0 Å². The second kappa shape index (κ2) is 3.67. The lowest BCUT2D eigenvalue weighted by Crippen LogP contribution is -2.30.